The molecule has 212 valence electrons. The summed E-state index contributed by atoms with van der Waals surface area (Å²) in [7, 11) is 1.52. The van der Waals surface area contributed by atoms with E-state index in [4.69, 9.17) is 4.74 Å². The first kappa shape index (κ1) is 30.5. The molecule has 0 saturated heterocycles. The Hall–Kier alpha value is -4.05. The van der Waals surface area contributed by atoms with Crippen LogP contribution in [0, 0.1) is 5.92 Å². The van der Waals surface area contributed by atoms with Crippen molar-refractivity contribution >= 4 is 35.3 Å². The molecular formula is C30H35N3O6S. The Bertz CT molecular complexity index is 1290. The van der Waals surface area contributed by atoms with Crippen molar-refractivity contribution in [2.24, 2.45) is 5.92 Å². The number of carbonyl (C=O) groups excluding carboxylic acids is 3. The van der Waals surface area contributed by atoms with Crippen LogP contribution in [0.25, 0.3) is 11.3 Å². The summed E-state index contributed by atoms with van der Waals surface area (Å²) in [5.74, 6) is -1.76. The quantitative estimate of drug-likeness (QED) is 0.220. The van der Waals surface area contributed by atoms with Crippen molar-refractivity contribution in [3.05, 3.63) is 78.0 Å². The second-order valence-corrected chi connectivity index (χ2v) is 10.7. The molecule has 0 bridgehead atoms. The fraction of sp³-hybridized carbons (Fsp3) is 0.333. The van der Waals surface area contributed by atoms with Crippen molar-refractivity contribution in [1.29, 1.82) is 0 Å². The summed E-state index contributed by atoms with van der Waals surface area (Å²) < 4.78 is 5.43. The topological polar surface area (TPSA) is 138 Å². The lowest BCUT2D eigenvalue weighted by molar-refractivity contribution is -0.140. The highest BCUT2D eigenvalue weighted by molar-refractivity contribution is 7.99. The van der Waals surface area contributed by atoms with Gasteiger partial charge in [-0.05, 0) is 47.4 Å². The minimum absolute atomic E-state index is 0.0398. The maximum atomic E-state index is 13.2. The first-order chi connectivity index (χ1) is 19.2. The normalized spacial score (nSPS) is 12.4. The molecule has 2 atom stereocenters. The standard InChI is InChI=1S/C30H35N3O6S/c1-19(2)29(33-27(35)15-22-14-21(11-12-26(22)39-3)23-10-7-13-31-23)30(38)32-24(16-28(36)37)25(34)18-40-17-20-8-5-4-6-9-20/h4-14,19,24,29,31H,15-18H2,1-3H3,(H,32,38)(H,33,35)(H,36,37)/t24-,29-/m0/s1. The van der Waals surface area contributed by atoms with Crippen molar-refractivity contribution in [2.75, 3.05) is 12.9 Å². The van der Waals surface area contributed by atoms with Crippen LogP contribution in [-0.2, 0) is 31.4 Å². The molecule has 1 heterocycles. The summed E-state index contributed by atoms with van der Waals surface area (Å²) in [6, 6.07) is 16.7. The minimum Gasteiger partial charge on any atom is -0.496 e. The molecular weight excluding hydrogens is 530 g/mol. The molecule has 0 aliphatic rings. The van der Waals surface area contributed by atoms with Gasteiger partial charge >= 0.3 is 5.97 Å². The summed E-state index contributed by atoms with van der Waals surface area (Å²) in [6.07, 6.45) is 1.22. The second-order valence-electron chi connectivity index (χ2n) is 9.68. The minimum atomic E-state index is -1.20. The molecule has 40 heavy (non-hydrogen) atoms. The number of rotatable bonds is 15. The number of carboxylic acids is 1. The Morgan fingerprint density at radius 3 is 2.38 bits per heavy atom. The number of carboxylic acid groups (broad SMARTS) is 1. The van der Waals surface area contributed by atoms with Crippen molar-refractivity contribution in [1.82, 2.24) is 15.6 Å². The van der Waals surface area contributed by atoms with Crippen LogP contribution in [0.3, 0.4) is 0 Å². The van der Waals surface area contributed by atoms with E-state index in [9.17, 15) is 24.3 Å². The number of nitrogens with one attached hydrogen (secondary N) is 3. The van der Waals surface area contributed by atoms with Crippen molar-refractivity contribution in [3.8, 4) is 17.0 Å². The molecule has 0 spiro atoms. The average Bonchev–Trinajstić information content (AvgIpc) is 3.46. The number of methoxy groups -OCH3 is 1. The van der Waals surface area contributed by atoms with Gasteiger partial charge in [0.05, 0.1) is 31.7 Å². The molecule has 1 aromatic heterocycles. The van der Waals surface area contributed by atoms with Crippen LogP contribution in [0.5, 0.6) is 5.75 Å². The molecule has 0 saturated carbocycles. The zero-order chi connectivity index (χ0) is 29.1. The molecule has 0 fully saturated rings. The van der Waals surface area contributed by atoms with Gasteiger partial charge in [-0.15, -0.1) is 11.8 Å². The van der Waals surface area contributed by atoms with Gasteiger partial charge in [0.15, 0.2) is 5.78 Å². The number of amides is 2. The smallest absolute Gasteiger partial charge is 0.305 e. The van der Waals surface area contributed by atoms with E-state index in [0.717, 1.165) is 16.8 Å². The molecule has 2 aromatic carbocycles. The number of aromatic amines is 1. The third kappa shape index (κ3) is 9.01. The van der Waals surface area contributed by atoms with E-state index >= 15 is 0 Å². The SMILES string of the molecule is COc1ccc(-c2ccc[nH]2)cc1CC(=O)N[C@H](C(=O)N[C@@H](CC(=O)O)C(=O)CSCc1ccccc1)C(C)C. The summed E-state index contributed by atoms with van der Waals surface area (Å²) in [6.45, 7) is 3.53. The predicted octanol–water partition coefficient (Wildman–Crippen LogP) is 3.84. The number of ether oxygens (including phenoxy) is 1. The highest BCUT2D eigenvalue weighted by Gasteiger charge is 2.30. The largest absolute Gasteiger partial charge is 0.496 e. The number of aromatic nitrogens is 1. The lowest BCUT2D eigenvalue weighted by atomic mass is 10.0. The molecule has 0 unspecified atom stereocenters. The number of ketones is 1. The molecule has 3 rings (SSSR count). The Morgan fingerprint density at radius 2 is 1.75 bits per heavy atom. The summed E-state index contributed by atoms with van der Waals surface area (Å²) in [5, 5.41) is 14.7. The second kappa shape index (κ2) is 14.9. The van der Waals surface area contributed by atoms with Gasteiger partial charge in [0, 0.05) is 23.2 Å². The third-order valence-electron chi connectivity index (χ3n) is 6.25. The first-order valence-electron chi connectivity index (χ1n) is 12.9. The Kier molecular flexibility index (Phi) is 11.4. The highest BCUT2D eigenvalue weighted by Crippen LogP contribution is 2.26. The Balaban J connectivity index is 1.65. The number of benzene rings is 2. The third-order valence-corrected chi connectivity index (χ3v) is 7.27. The maximum absolute atomic E-state index is 13.2. The van der Waals surface area contributed by atoms with E-state index in [1.807, 2.05) is 60.8 Å². The molecule has 10 heteroatoms. The van der Waals surface area contributed by atoms with Gasteiger partial charge in [0.2, 0.25) is 11.8 Å². The number of carbonyl (C=O) groups is 4. The van der Waals surface area contributed by atoms with Gasteiger partial charge < -0.3 is 25.5 Å². The Morgan fingerprint density at radius 1 is 1.00 bits per heavy atom. The zero-order valence-corrected chi connectivity index (χ0v) is 23.6. The number of Topliss-reactive ketones (excluding diaryl/α,β-unsaturated/α-hetero) is 1. The summed E-state index contributed by atoms with van der Waals surface area (Å²) in [4.78, 5) is 53.7. The monoisotopic (exact) mass is 565 g/mol. The van der Waals surface area contributed by atoms with Crippen molar-refractivity contribution < 1.29 is 29.0 Å². The van der Waals surface area contributed by atoms with Gasteiger partial charge in [-0.1, -0.05) is 44.2 Å². The van der Waals surface area contributed by atoms with Crippen molar-refractivity contribution in [2.45, 2.75) is 44.5 Å². The van der Waals surface area contributed by atoms with E-state index in [1.165, 1.54) is 18.9 Å². The molecule has 2 amide bonds. The number of aliphatic carboxylic acids is 1. The number of hydrogen-bond donors (Lipinski definition) is 4. The highest BCUT2D eigenvalue weighted by atomic mass is 32.2. The van der Waals surface area contributed by atoms with Crippen LogP contribution in [0.1, 0.15) is 31.4 Å². The van der Waals surface area contributed by atoms with Crippen molar-refractivity contribution in [3.63, 3.8) is 0 Å². The zero-order valence-electron chi connectivity index (χ0n) is 22.8. The summed E-state index contributed by atoms with van der Waals surface area (Å²) >= 11 is 1.35. The van der Waals surface area contributed by atoms with Crippen LogP contribution in [0.2, 0.25) is 0 Å². The number of H-pyrrole nitrogens is 1. The van der Waals surface area contributed by atoms with Gasteiger partial charge in [-0.25, -0.2) is 0 Å². The number of hydrogen-bond acceptors (Lipinski definition) is 6. The van der Waals surface area contributed by atoms with Crippen LogP contribution < -0.4 is 15.4 Å². The molecule has 4 N–H and O–H groups in total. The van der Waals surface area contributed by atoms with Crippen LogP contribution in [-0.4, -0.2) is 58.6 Å². The lowest BCUT2D eigenvalue weighted by Gasteiger charge is -2.25. The lowest BCUT2D eigenvalue weighted by Crippen LogP contribution is -2.54. The van der Waals surface area contributed by atoms with Crippen LogP contribution in [0.4, 0.5) is 0 Å². The van der Waals surface area contributed by atoms with E-state index in [2.05, 4.69) is 15.6 Å². The number of thioether (sulfide) groups is 1. The molecule has 9 nitrogen and oxygen atoms in total. The average molecular weight is 566 g/mol. The van der Waals surface area contributed by atoms with Crippen LogP contribution >= 0.6 is 11.8 Å². The summed E-state index contributed by atoms with van der Waals surface area (Å²) in [5.41, 5.74) is 3.45. The molecule has 0 aliphatic heterocycles. The molecule has 0 radical (unpaired) electrons. The van der Waals surface area contributed by atoms with Gasteiger partial charge in [-0.3, -0.25) is 19.2 Å². The molecule has 3 aromatic rings. The van der Waals surface area contributed by atoms with Gasteiger partial charge in [0.25, 0.3) is 0 Å². The maximum Gasteiger partial charge on any atom is 0.305 e. The van der Waals surface area contributed by atoms with E-state index in [0.29, 0.717) is 17.1 Å². The van der Waals surface area contributed by atoms with Gasteiger partial charge in [-0.2, -0.15) is 0 Å². The first-order valence-corrected chi connectivity index (χ1v) is 14.1. The molecule has 0 aliphatic carbocycles. The predicted molar refractivity (Wildman–Crippen MR) is 155 cm³/mol. The van der Waals surface area contributed by atoms with Crippen LogP contribution in [0.15, 0.2) is 66.9 Å². The van der Waals surface area contributed by atoms with Gasteiger partial charge in [0.1, 0.15) is 11.8 Å². The van der Waals surface area contributed by atoms with E-state index in [-0.39, 0.29) is 18.1 Å². The Labute approximate surface area is 238 Å². The van der Waals surface area contributed by atoms with E-state index < -0.39 is 42.1 Å². The fourth-order valence-electron chi connectivity index (χ4n) is 4.15. The fourth-order valence-corrected chi connectivity index (χ4v) is 5.08. The van der Waals surface area contributed by atoms with E-state index in [1.54, 1.807) is 19.9 Å².